The second-order valence-corrected chi connectivity index (χ2v) is 6.39. The minimum atomic E-state index is 0. The van der Waals surface area contributed by atoms with E-state index in [2.05, 4.69) is 31.9 Å². The molecule has 0 amide bonds. The number of benzene rings is 1. The summed E-state index contributed by atoms with van der Waals surface area (Å²) in [6, 6.07) is 9.87. The van der Waals surface area contributed by atoms with E-state index in [1.807, 2.05) is 37.4 Å². The Balaban J connectivity index is 0.00000261. The molecule has 1 aliphatic heterocycles. The van der Waals surface area contributed by atoms with Crippen LogP contribution in [0.3, 0.4) is 0 Å². The second-order valence-electron chi connectivity index (χ2n) is 6.39. The average Bonchev–Trinajstić information content (AvgIpc) is 3.09. The lowest BCUT2D eigenvalue weighted by Crippen LogP contribution is -2.41. The predicted molar refractivity (Wildman–Crippen MR) is 118 cm³/mol. The Morgan fingerprint density at radius 3 is 2.85 bits per heavy atom. The number of halogens is 1. The molecule has 148 valence electrons. The Morgan fingerprint density at radius 1 is 1.26 bits per heavy atom. The number of para-hydroxylation sites is 1. The molecule has 1 aromatic heterocycles. The summed E-state index contributed by atoms with van der Waals surface area (Å²) in [5, 5.41) is 12.0. The van der Waals surface area contributed by atoms with Crippen LogP contribution in [0.4, 0.5) is 0 Å². The van der Waals surface area contributed by atoms with Gasteiger partial charge in [0.25, 0.3) is 0 Å². The Hall–Kier alpha value is -1.84. The van der Waals surface area contributed by atoms with E-state index in [0.29, 0.717) is 13.2 Å². The smallest absolute Gasteiger partial charge is 0.194 e. The van der Waals surface area contributed by atoms with Gasteiger partial charge in [0.2, 0.25) is 0 Å². The van der Waals surface area contributed by atoms with Crippen LogP contribution in [0.1, 0.15) is 31.4 Å². The average molecular weight is 484 g/mol. The highest BCUT2D eigenvalue weighted by atomic mass is 127. The molecule has 1 N–H and O–H groups in total. The van der Waals surface area contributed by atoms with E-state index in [1.165, 1.54) is 12.8 Å². The van der Waals surface area contributed by atoms with E-state index in [4.69, 9.17) is 9.73 Å². The maximum absolute atomic E-state index is 5.78. The van der Waals surface area contributed by atoms with Gasteiger partial charge in [0.1, 0.15) is 24.7 Å². The molecule has 3 rings (SSSR count). The summed E-state index contributed by atoms with van der Waals surface area (Å²) in [7, 11) is 2.02. The second kappa shape index (κ2) is 11.1. The molecule has 0 spiro atoms. The highest BCUT2D eigenvalue weighted by Crippen LogP contribution is 2.14. The first-order chi connectivity index (χ1) is 12.8. The van der Waals surface area contributed by atoms with Gasteiger partial charge in [-0.15, -0.1) is 34.2 Å². The van der Waals surface area contributed by atoms with Crippen molar-refractivity contribution in [2.45, 2.75) is 39.3 Å². The van der Waals surface area contributed by atoms with E-state index in [1.54, 1.807) is 0 Å². The van der Waals surface area contributed by atoms with Crippen molar-refractivity contribution < 1.29 is 4.74 Å². The molecule has 0 unspecified atom stereocenters. The van der Waals surface area contributed by atoms with Crippen LogP contribution in [0.25, 0.3) is 0 Å². The summed E-state index contributed by atoms with van der Waals surface area (Å²) in [5.74, 6) is 3.79. The van der Waals surface area contributed by atoms with E-state index in [0.717, 1.165) is 49.4 Å². The van der Waals surface area contributed by atoms with Crippen LogP contribution in [0.2, 0.25) is 0 Å². The first-order valence-corrected chi connectivity index (χ1v) is 9.36. The van der Waals surface area contributed by atoms with Crippen LogP contribution in [-0.2, 0) is 19.5 Å². The van der Waals surface area contributed by atoms with Crippen LogP contribution in [0, 0.1) is 0 Å². The molecule has 2 heterocycles. The molecule has 0 bridgehead atoms. The van der Waals surface area contributed by atoms with Gasteiger partial charge >= 0.3 is 0 Å². The number of likely N-dealkylation sites (N-methyl/N-ethyl adjacent to an activating group) is 1. The fourth-order valence-corrected chi connectivity index (χ4v) is 3.02. The number of aliphatic imine (C=N–C) groups is 1. The minimum Gasteiger partial charge on any atom is -0.492 e. The van der Waals surface area contributed by atoms with Crippen LogP contribution >= 0.6 is 24.0 Å². The maximum Gasteiger partial charge on any atom is 0.194 e. The third-order valence-electron chi connectivity index (χ3n) is 4.44. The molecule has 1 aliphatic rings. The molecule has 27 heavy (non-hydrogen) atoms. The number of nitrogens with one attached hydrogen (secondary N) is 1. The number of ether oxygens (including phenoxy) is 1. The van der Waals surface area contributed by atoms with Gasteiger partial charge in [-0.2, -0.15) is 0 Å². The third-order valence-corrected chi connectivity index (χ3v) is 4.44. The van der Waals surface area contributed by atoms with E-state index in [9.17, 15) is 0 Å². The maximum atomic E-state index is 5.78. The predicted octanol–water partition coefficient (Wildman–Crippen LogP) is 2.71. The number of guanidine groups is 1. The highest BCUT2D eigenvalue weighted by molar-refractivity contribution is 14.0. The van der Waals surface area contributed by atoms with Gasteiger partial charge in [0.05, 0.1) is 6.54 Å². The van der Waals surface area contributed by atoms with Crippen molar-refractivity contribution >= 4 is 29.9 Å². The Kier molecular flexibility index (Phi) is 8.83. The molecule has 0 aliphatic carbocycles. The van der Waals surface area contributed by atoms with Gasteiger partial charge in [0.15, 0.2) is 11.8 Å². The SMILES string of the molecule is CCNC(=NCc1nnc2n1CCCC2)N(C)CCOc1ccccc1.I. The molecule has 8 heteroatoms. The van der Waals surface area contributed by atoms with Crippen LogP contribution in [0.15, 0.2) is 35.3 Å². The van der Waals surface area contributed by atoms with Gasteiger partial charge in [-0.3, -0.25) is 0 Å². The Bertz CT molecular complexity index is 718. The zero-order chi connectivity index (χ0) is 18.2. The van der Waals surface area contributed by atoms with Crippen molar-refractivity contribution in [3.63, 3.8) is 0 Å². The lowest BCUT2D eigenvalue weighted by atomic mass is 10.2. The van der Waals surface area contributed by atoms with Crippen LogP contribution < -0.4 is 10.1 Å². The summed E-state index contributed by atoms with van der Waals surface area (Å²) in [4.78, 5) is 6.83. The number of aromatic nitrogens is 3. The molecule has 0 atom stereocenters. The minimum absolute atomic E-state index is 0. The van der Waals surface area contributed by atoms with Crippen molar-refractivity contribution in [1.29, 1.82) is 0 Å². The van der Waals surface area contributed by atoms with Gasteiger partial charge in [0, 0.05) is 26.6 Å². The fraction of sp³-hybridized carbons (Fsp3) is 0.526. The zero-order valence-corrected chi connectivity index (χ0v) is 18.4. The summed E-state index contributed by atoms with van der Waals surface area (Å²) in [6.45, 7) is 5.79. The van der Waals surface area contributed by atoms with E-state index >= 15 is 0 Å². The topological polar surface area (TPSA) is 67.6 Å². The van der Waals surface area contributed by atoms with Crippen molar-refractivity contribution in [3.05, 3.63) is 42.0 Å². The molecule has 0 saturated heterocycles. The lowest BCUT2D eigenvalue weighted by molar-refractivity contribution is 0.281. The summed E-state index contributed by atoms with van der Waals surface area (Å²) in [5.41, 5.74) is 0. The van der Waals surface area contributed by atoms with Crippen molar-refractivity contribution in [1.82, 2.24) is 25.0 Å². The molecule has 0 fully saturated rings. The first kappa shape index (κ1) is 21.5. The molecular weight excluding hydrogens is 455 g/mol. The molecular formula is C19H29IN6O. The van der Waals surface area contributed by atoms with Crippen molar-refractivity contribution in [2.75, 3.05) is 26.7 Å². The lowest BCUT2D eigenvalue weighted by Gasteiger charge is -2.22. The normalized spacial score (nSPS) is 13.5. The Morgan fingerprint density at radius 2 is 2.07 bits per heavy atom. The third kappa shape index (κ3) is 6.08. The molecule has 1 aromatic carbocycles. The van der Waals surface area contributed by atoms with Gasteiger partial charge < -0.3 is 19.5 Å². The molecule has 0 radical (unpaired) electrons. The number of hydrogen-bond donors (Lipinski definition) is 1. The highest BCUT2D eigenvalue weighted by Gasteiger charge is 2.15. The van der Waals surface area contributed by atoms with Crippen molar-refractivity contribution in [2.24, 2.45) is 4.99 Å². The zero-order valence-electron chi connectivity index (χ0n) is 16.1. The number of rotatable bonds is 7. The van der Waals surface area contributed by atoms with Gasteiger partial charge in [-0.25, -0.2) is 4.99 Å². The quantitative estimate of drug-likeness (QED) is 0.372. The summed E-state index contributed by atoms with van der Waals surface area (Å²) < 4.78 is 8.00. The number of fused-ring (bicyclic) bond motifs is 1. The van der Waals surface area contributed by atoms with Crippen LogP contribution in [0.5, 0.6) is 5.75 Å². The number of nitrogens with zero attached hydrogens (tertiary/aromatic N) is 5. The van der Waals surface area contributed by atoms with Gasteiger partial charge in [-0.05, 0) is 31.9 Å². The summed E-state index contributed by atoms with van der Waals surface area (Å²) in [6.07, 6.45) is 3.42. The van der Waals surface area contributed by atoms with E-state index in [-0.39, 0.29) is 24.0 Å². The molecule has 7 nitrogen and oxygen atoms in total. The van der Waals surface area contributed by atoms with Crippen LogP contribution in [-0.4, -0.2) is 52.4 Å². The first-order valence-electron chi connectivity index (χ1n) is 9.36. The largest absolute Gasteiger partial charge is 0.492 e. The Labute approximate surface area is 178 Å². The standard InChI is InChI=1S/C19H28N6O.HI/c1-3-20-19(24(2)13-14-26-16-9-5-4-6-10-16)21-15-18-23-22-17-11-7-8-12-25(17)18;/h4-6,9-10H,3,7-8,11-15H2,1-2H3,(H,20,21);1H. The van der Waals surface area contributed by atoms with E-state index < -0.39 is 0 Å². The molecule has 2 aromatic rings. The fourth-order valence-electron chi connectivity index (χ4n) is 3.02. The number of aryl methyl sites for hydroxylation is 1. The molecule has 0 saturated carbocycles. The summed E-state index contributed by atoms with van der Waals surface area (Å²) >= 11 is 0. The number of hydrogen-bond acceptors (Lipinski definition) is 4. The monoisotopic (exact) mass is 484 g/mol. The van der Waals surface area contributed by atoms with Gasteiger partial charge in [-0.1, -0.05) is 18.2 Å². The van der Waals surface area contributed by atoms with Crippen molar-refractivity contribution in [3.8, 4) is 5.75 Å².